The highest BCUT2D eigenvalue weighted by molar-refractivity contribution is 14.0. The van der Waals surface area contributed by atoms with Crippen molar-refractivity contribution in [2.45, 2.75) is 25.4 Å². The number of guanidine groups is 1. The summed E-state index contributed by atoms with van der Waals surface area (Å²) in [7, 11) is 1.77. The van der Waals surface area contributed by atoms with Gasteiger partial charge >= 0.3 is 0 Å². The minimum Gasteiger partial charge on any atom is -0.368 e. The van der Waals surface area contributed by atoms with Gasteiger partial charge in [0.05, 0.1) is 17.3 Å². The van der Waals surface area contributed by atoms with Crippen molar-refractivity contribution in [3.8, 4) is 0 Å². The van der Waals surface area contributed by atoms with Gasteiger partial charge in [0.1, 0.15) is 12.0 Å². The molecular formula is C17H23ClIN5O. The molecule has 0 amide bonds. The summed E-state index contributed by atoms with van der Waals surface area (Å²) in [5, 5.41) is 11.4. The minimum absolute atomic E-state index is 0. The average Bonchev–Trinajstić information content (AvgIpc) is 3.13. The number of anilines is 1. The van der Waals surface area contributed by atoms with Gasteiger partial charge in [-0.05, 0) is 25.0 Å². The molecule has 1 aliphatic heterocycles. The predicted molar refractivity (Wildman–Crippen MR) is 112 cm³/mol. The Balaban J connectivity index is 0.00000225. The molecule has 136 valence electrons. The average molecular weight is 476 g/mol. The van der Waals surface area contributed by atoms with E-state index in [1.54, 1.807) is 13.3 Å². The smallest absolute Gasteiger partial charge is 0.191 e. The van der Waals surface area contributed by atoms with Crippen LogP contribution in [0.1, 0.15) is 18.5 Å². The fraction of sp³-hybridized carbons (Fsp3) is 0.412. The topological polar surface area (TPSA) is 65.7 Å². The molecular weight excluding hydrogens is 453 g/mol. The minimum atomic E-state index is 0. The van der Waals surface area contributed by atoms with Gasteiger partial charge in [0, 0.05) is 32.2 Å². The van der Waals surface area contributed by atoms with E-state index in [0.717, 1.165) is 48.3 Å². The van der Waals surface area contributed by atoms with Crippen LogP contribution in [0.2, 0.25) is 5.02 Å². The van der Waals surface area contributed by atoms with Crippen LogP contribution in [-0.2, 0) is 6.54 Å². The molecule has 3 rings (SSSR count). The summed E-state index contributed by atoms with van der Waals surface area (Å²) in [6.45, 7) is 2.50. The Hall–Kier alpha value is -1.48. The maximum atomic E-state index is 6.33. The van der Waals surface area contributed by atoms with Crippen LogP contribution in [0.15, 0.2) is 46.1 Å². The Bertz CT molecular complexity index is 679. The van der Waals surface area contributed by atoms with E-state index in [1.807, 2.05) is 24.3 Å². The molecule has 6 nitrogen and oxygen atoms in total. The number of hydrogen-bond donors (Lipinski definition) is 2. The Morgan fingerprint density at radius 2 is 2.24 bits per heavy atom. The van der Waals surface area contributed by atoms with E-state index >= 15 is 0 Å². The largest absolute Gasteiger partial charge is 0.368 e. The lowest BCUT2D eigenvalue weighted by Gasteiger charge is -2.35. The van der Waals surface area contributed by atoms with Gasteiger partial charge in [0.2, 0.25) is 0 Å². The van der Waals surface area contributed by atoms with E-state index in [0.29, 0.717) is 12.6 Å². The van der Waals surface area contributed by atoms with Crippen molar-refractivity contribution in [2.75, 3.05) is 25.0 Å². The summed E-state index contributed by atoms with van der Waals surface area (Å²) in [5.74, 6) is 0.768. The molecule has 2 heterocycles. The van der Waals surface area contributed by atoms with Crippen LogP contribution in [0.4, 0.5) is 5.69 Å². The molecule has 1 unspecified atom stereocenters. The summed E-state index contributed by atoms with van der Waals surface area (Å²) in [6.07, 6.45) is 3.78. The van der Waals surface area contributed by atoms with Crippen LogP contribution in [0, 0.1) is 0 Å². The molecule has 2 N–H and O–H groups in total. The van der Waals surface area contributed by atoms with Gasteiger partial charge in [-0.3, -0.25) is 4.99 Å². The lowest BCUT2D eigenvalue weighted by molar-refractivity contribution is 0.410. The van der Waals surface area contributed by atoms with E-state index in [2.05, 4.69) is 31.7 Å². The third-order valence-corrected chi connectivity index (χ3v) is 4.43. The van der Waals surface area contributed by atoms with Crippen LogP contribution < -0.4 is 15.5 Å². The second-order valence-corrected chi connectivity index (χ2v) is 6.20. The van der Waals surface area contributed by atoms with Crippen LogP contribution in [0.3, 0.4) is 0 Å². The highest BCUT2D eigenvalue weighted by atomic mass is 127. The van der Waals surface area contributed by atoms with E-state index in [9.17, 15) is 0 Å². The third-order valence-electron chi connectivity index (χ3n) is 4.11. The Morgan fingerprint density at radius 1 is 1.40 bits per heavy atom. The number of hydrogen-bond acceptors (Lipinski definition) is 4. The van der Waals surface area contributed by atoms with Gasteiger partial charge in [-0.15, -0.1) is 24.0 Å². The number of nitrogens with one attached hydrogen (secondary N) is 2. The SMILES string of the molecule is CN=C(NCc1ccon1)NC1CCCN(c2ccccc2Cl)C1.I. The highest BCUT2D eigenvalue weighted by Gasteiger charge is 2.22. The second-order valence-electron chi connectivity index (χ2n) is 5.80. The number of halogens is 2. The molecule has 0 saturated carbocycles. The lowest BCUT2D eigenvalue weighted by Crippen LogP contribution is -2.51. The summed E-state index contributed by atoms with van der Waals surface area (Å²) in [5.41, 5.74) is 1.94. The summed E-state index contributed by atoms with van der Waals surface area (Å²) in [6, 6.07) is 10.1. The maximum Gasteiger partial charge on any atom is 0.191 e. The van der Waals surface area contributed by atoms with Crippen molar-refractivity contribution in [3.05, 3.63) is 47.3 Å². The summed E-state index contributed by atoms with van der Waals surface area (Å²) < 4.78 is 4.84. The van der Waals surface area contributed by atoms with Crippen LogP contribution in [0.5, 0.6) is 0 Å². The van der Waals surface area contributed by atoms with Gasteiger partial charge < -0.3 is 20.1 Å². The molecule has 2 aromatic rings. The van der Waals surface area contributed by atoms with Gasteiger partial charge in [0.15, 0.2) is 5.96 Å². The molecule has 1 aromatic carbocycles. The molecule has 0 radical (unpaired) electrons. The number of aromatic nitrogens is 1. The Morgan fingerprint density at radius 3 is 2.96 bits per heavy atom. The number of piperidine rings is 1. The summed E-state index contributed by atoms with van der Waals surface area (Å²) >= 11 is 6.33. The van der Waals surface area contributed by atoms with Crippen LogP contribution in [-0.4, -0.2) is 37.3 Å². The zero-order valence-electron chi connectivity index (χ0n) is 14.1. The standard InChI is InChI=1S/C17H22ClN5O.HI/c1-19-17(20-11-13-8-10-24-22-13)21-14-5-4-9-23(12-14)16-7-3-2-6-15(16)18;/h2-3,6-8,10,14H,4-5,9,11-12H2,1H3,(H2,19,20,21);1H. The number of nitrogens with zero attached hydrogens (tertiary/aromatic N) is 3. The number of aliphatic imine (C=N–C) groups is 1. The summed E-state index contributed by atoms with van der Waals surface area (Å²) in [4.78, 5) is 6.62. The van der Waals surface area contributed by atoms with Crippen LogP contribution >= 0.6 is 35.6 Å². The third kappa shape index (κ3) is 5.50. The van der Waals surface area contributed by atoms with Crippen molar-refractivity contribution in [3.63, 3.8) is 0 Å². The van der Waals surface area contributed by atoms with Crippen molar-refractivity contribution in [1.29, 1.82) is 0 Å². The Labute approximate surface area is 170 Å². The molecule has 0 spiro atoms. The fourth-order valence-corrected chi connectivity index (χ4v) is 3.17. The molecule has 1 fully saturated rings. The number of rotatable bonds is 4. The van der Waals surface area contributed by atoms with Crippen molar-refractivity contribution < 1.29 is 4.52 Å². The number of para-hydroxylation sites is 1. The zero-order chi connectivity index (χ0) is 16.8. The van der Waals surface area contributed by atoms with Gasteiger partial charge in [0.25, 0.3) is 0 Å². The first-order chi connectivity index (χ1) is 11.8. The van der Waals surface area contributed by atoms with E-state index in [1.165, 1.54) is 0 Å². The zero-order valence-corrected chi connectivity index (χ0v) is 17.2. The highest BCUT2D eigenvalue weighted by Crippen LogP contribution is 2.27. The molecule has 1 aliphatic rings. The number of benzene rings is 1. The monoisotopic (exact) mass is 475 g/mol. The second kappa shape index (κ2) is 9.86. The maximum absolute atomic E-state index is 6.33. The first-order valence-corrected chi connectivity index (χ1v) is 8.50. The molecule has 0 aliphatic carbocycles. The fourth-order valence-electron chi connectivity index (χ4n) is 2.91. The molecule has 0 bridgehead atoms. The van der Waals surface area contributed by atoms with Crippen LogP contribution in [0.25, 0.3) is 0 Å². The molecule has 1 aromatic heterocycles. The normalized spacial score (nSPS) is 17.8. The Kier molecular flexibility index (Phi) is 7.83. The molecule has 8 heteroatoms. The lowest BCUT2D eigenvalue weighted by atomic mass is 10.0. The molecule has 25 heavy (non-hydrogen) atoms. The van der Waals surface area contributed by atoms with Gasteiger partial charge in [-0.25, -0.2) is 0 Å². The molecule has 1 atom stereocenters. The van der Waals surface area contributed by atoms with Gasteiger partial charge in [-0.1, -0.05) is 28.9 Å². The quantitative estimate of drug-likeness (QED) is 0.404. The predicted octanol–water partition coefficient (Wildman–Crippen LogP) is 3.28. The van der Waals surface area contributed by atoms with E-state index in [4.69, 9.17) is 16.1 Å². The van der Waals surface area contributed by atoms with Gasteiger partial charge in [-0.2, -0.15) is 0 Å². The van der Waals surface area contributed by atoms with E-state index < -0.39 is 0 Å². The van der Waals surface area contributed by atoms with Crippen molar-refractivity contribution >= 4 is 47.2 Å². The van der Waals surface area contributed by atoms with Crippen molar-refractivity contribution in [2.24, 2.45) is 4.99 Å². The van der Waals surface area contributed by atoms with E-state index in [-0.39, 0.29) is 24.0 Å². The van der Waals surface area contributed by atoms with Crippen molar-refractivity contribution in [1.82, 2.24) is 15.8 Å². The molecule has 1 saturated heterocycles. The first kappa shape index (κ1) is 19.8. The first-order valence-electron chi connectivity index (χ1n) is 8.12.